The minimum Gasteiger partial charge on any atom is -0.370 e. The van der Waals surface area contributed by atoms with E-state index in [0.717, 1.165) is 48.3 Å². The zero-order valence-electron chi connectivity index (χ0n) is 24.3. The number of hydrogen-bond acceptors (Lipinski definition) is 3. The van der Waals surface area contributed by atoms with Crippen LogP contribution in [0.15, 0.2) is 0 Å². The molecule has 6 heteroatoms. The highest BCUT2D eigenvalue weighted by Gasteiger charge is 2.60. The van der Waals surface area contributed by atoms with E-state index in [-0.39, 0.29) is 30.8 Å². The summed E-state index contributed by atoms with van der Waals surface area (Å²) in [6.07, 6.45) is 15.8. The van der Waals surface area contributed by atoms with Crippen LogP contribution in [0.1, 0.15) is 118 Å². The van der Waals surface area contributed by atoms with Gasteiger partial charge in [-0.2, -0.15) is 0 Å². The third-order valence-electron chi connectivity index (χ3n) is 12.0. The Bertz CT molecular complexity index is 805. The van der Waals surface area contributed by atoms with Gasteiger partial charge in [0.2, 0.25) is 11.8 Å². The van der Waals surface area contributed by atoms with E-state index in [1.165, 1.54) is 64.2 Å². The molecule has 0 heterocycles. The van der Waals surface area contributed by atoms with Gasteiger partial charge in [0.1, 0.15) is 0 Å². The first-order chi connectivity index (χ1) is 17.0. The van der Waals surface area contributed by atoms with E-state index < -0.39 is 11.9 Å². The molecule has 37 heavy (non-hydrogen) atoms. The predicted octanol–water partition coefficient (Wildman–Crippen LogP) is 6.22. The maximum absolute atomic E-state index is 12.5. The maximum atomic E-state index is 12.5. The third-order valence-corrected chi connectivity index (χ3v) is 12.0. The molecule has 0 aromatic heterocycles. The fraction of sp³-hybridized carbons (Fsp3) is 0.935. The molecule has 5 N–H and O–H groups in total. The first kappa shape index (κ1) is 30.7. The monoisotopic (exact) mass is 537 g/mol. The average Bonchev–Trinajstić information content (AvgIpc) is 3.15. The highest BCUT2D eigenvalue weighted by Crippen LogP contribution is 2.68. The van der Waals surface area contributed by atoms with Gasteiger partial charge in [-0.3, -0.25) is 9.59 Å². The second kappa shape index (κ2) is 12.1. The average molecular weight is 538 g/mol. The van der Waals surface area contributed by atoms with Crippen LogP contribution < -0.4 is 16.8 Å². The van der Waals surface area contributed by atoms with E-state index in [2.05, 4.69) is 39.9 Å². The number of carbonyl (C=O) groups is 2. The number of carbonyl (C=O) groups excluding carboxylic acids is 2. The van der Waals surface area contributed by atoms with Crippen LogP contribution in [0.25, 0.3) is 0 Å². The SMILES string of the molecule is CC(C)CCC[C@@H](C)[C@H]1CC[C@H]2[C@@H]3CCC4C[C@H](NC(=O)[C@@H](N)CC(N)=O)CC[C@]4(C)[C@H]3CC[C@]12C.Cl. The van der Waals surface area contributed by atoms with Gasteiger partial charge in [0.15, 0.2) is 0 Å². The Balaban J connectivity index is 0.00000380. The molecule has 4 rings (SSSR count). The Hall–Kier alpha value is -0.810. The summed E-state index contributed by atoms with van der Waals surface area (Å²) in [5.41, 5.74) is 12.1. The van der Waals surface area contributed by atoms with Crippen molar-refractivity contribution >= 4 is 24.2 Å². The Morgan fingerprint density at radius 2 is 1.59 bits per heavy atom. The van der Waals surface area contributed by atoms with Gasteiger partial charge in [0.05, 0.1) is 12.5 Å². The number of amides is 2. The van der Waals surface area contributed by atoms with Crippen molar-refractivity contribution in [2.75, 3.05) is 0 Å². The Morgan fingerprint density at radius 1 is 0.919 bits per heavy atom. The van der Waals surface area contributed by atoms with E-state index in [1.54, 1.807) is 0 Å². The summed E-state index contributed by atoms with van der Waals surface area (Å²) in [7, 11) is 0. The van der Waals surface area contributed by atoms with Gasteiger partial charge in [-0.25, -0.2) is 0 Å². The summed E-state index contributed by atoms with van der Waals surface area (Å²) >= 11 is 0. The number of nitrogens with two attached hydrogens (primary N) is 2. The summed E-state index contributed by atoms with van der Waals surface area (Å²) in [5, 5.41) is 3.16. The molecule has 4 fully saturated rings. The molecule has 4 aliphatic carbocycles. The zero-order valence-corrected chi connectivity index (χ0v) is 25.1. The van der Waals surface area contributed by atoms with Crippen molar-refractivity contribution < 1.29 is 9.59 Å². The molecule has 4 saturated carbocycles. The number of rotatable bonds is 9. The molecule has 0 radical (unpaired) electrons. The molecule has 0 saturated heterocycles. The Labute approximate surface area is 232 Å². The lowest BCUT2D eigenvalue weighted by atomic mass is 9.44. The van der Waals surface area contributed by atoms with Crippen LogP contribution in [0.3, 0.4) is 0 Å². The molecule has 214 valence electrons. The maximum Gasteiger partial charge on any atom is 0.237 e. The highest BCUT2D eigenvalue weighted by atomic mass is 35.5. The number of halogens is 1. The van der Waals surface area contributed by atoms with Gasteiger partial charge < -0.3 is 16.8 Å². The standard InChI is InChI=1S/C31H55N3O2.ClH/c1-19(2)7-6-8-20(3)24-11-12-25-23-10-9-21-17-22(34-29(36)27(32)18-28(33)35)13-15-30(21,4)26(23)14-16-31(24,25)5;/h19-27H,6-18,32H2,1-5H3,(H2,33,35)(H,34,36);1H/t20-,21?,22-,23+,24-,25+,26+,27+,30+,31-;/m1./s1. The van der Waals surface area contributed by atoms with Gasteiger partial charge in [-0.1, -0.05) is 53.9 Å². The smallest absolute Gasteiger partial charge is 0.237 e. The van der Waals surface area contributed by atoms with Crippen molar-refractivity contribution in [2.45, 2.75) is 130 Å². The molecule has 4 aliphatic rings. The van der Waals surface area contributed by atoms with Gasteiger partial charge >= 0.3 is 0 Å². The summed E-state index contributed by atoms with van der Waals surface area (Å²) in [6.45, 7) is 12.6. The molecule has 0 aliphatic heterocycles. The highest BCUT2D eigenvalue weighted by molar-refractivity contribution is 5.87. The first-order valence-corrected chi connectivity index (χ1v) is 15.3. The molecule has 5 nitrogen and oxygen atoms in total. The Kier molecular flexibility index (Phi) is 10.1. The molecule has 0 spiro atoms. The van der Waals surface area contributed by atoms with Crippen LogP contribution >= 0.6 is 12.4 Å². The van der Waals surface area contributed by atoms with E-state index in [9.17, 15) is 9.59 Å². The summed E-state index contributed by atoms with van der Waals surface area (Å²) in [4.78, 5) is 23.7. The van der Waals surface area contributed by atoms with Crippen LogP contribution in [0.4, 0.5) is 0 Å². The fourth-order valence-electron chi connectivity index (χ4n) is 10.0. The van der Waals surface area contributed by atoms with Crippen molar-refractivity contribution in [3.63, 3.8) is 0 Å². The molecule has 10 atom stereocenters. The molecule has 2 amide bonds. The van der Waals surface area contributed by atoms with E-state index in [4.69, 9.17) is 11.5 Å². The van der Waals surface area contributed by atoms with Crippen LogP contribution in [-0.2, 0) is 9.59 Å². The largest absolute Gasteiger partial charge is 0.370 e. The topological polar surface area (TPSA) is 98.2 Å². The summed E-state index contributed by atoms with van der Waals surface area (Å²) in [5.74, 6) is 5.20. The number of primary amides is 1. The minimum atomic E-state index is -0.828. The molecule has 0 aromatic carbocycles. The Morgan fingerprint density at radius 3 is 2.27 bits per heavy atom. The van der Waals surface area contributed by atoms with Gasteiger partial charge in [0.25, 0.3) is 0 Å². The predicted molar refractivity (Wildman–Crippen MR) is 154 cm³/mol. The van der Waals surface area contributed by atoms with Crippen molar-refractivity contribution in [3.05, 3.63) is 0 Å². The molecule has 0 aromatic rings. The molecule has 0 bridgehead atoms. The van der Waals surface area contributed by atoms with Crippen molar-refractivity contribution in [1.29, 1.82) is 0 Å². The first-order valence-electron chi connectivity index (χ1n) is 15.3. The molecular formula is C31H56ClN3O2. The van der Waals surface area contributed by atoms with Gasteiger partial charge in [0, 0.05) is 6.04 Å². The van der Waals surface area contributed by atoms with Crippen molar-refractivity contribution in [2.24, 2.45) is 63.7 Å². The normalized spacial score (nSPS) is 40.5. The quantitative estimate of drug-likeness (QED) is 0.325. The second-order valence-corrected chi connectivity index (χ2v) is 14.4. The van der Waals surface area contributed by atoms with E-state index in [1.807, 2.05) is 0 Å². The van der Waals surface area contributed by atoms with Crippen LogP contribution in [0, 0.1) is 52.3 Å². The lowest BCUT2D eigenvalue weighted by Gasteiger charge is -2.61. The minimum absolute atomic E-state index is 0. The van der Waals surface area contributed by atoms with Gasteiger partial charge in [-0.15, -0.1) is 12.4 Å². The molecular weight excluding hydrogens is 482 g/mol. The van der Waals surface area contributed by atoms with Crippen molar-refractivity contribution in [1.82, 2.24) is 5.32 Å². The fourth-order valence-corrected chi connectivity index (χ4v) is 10.0. The second-order valence-electron chi connectivity index (χ2n) is 14.4. The third kappa shape index (κ3) is 6.18. The van der Waals surface area contributed by atoms with Crippen molar-refractivity contribution in [3.8, 4) is 0 Å². The van der Waals surface area contributed by atoms with Crippen LogP contribution in [0.2, 0.25) is 0 Å². The summed E-state index contributed by atoms with van der Waals surface area (Å²) in [6, 6.07) is -0.645. The zero-order chi connectivity index (χ0) is 26.3. The van der Waals surface area contributed by atoms with Crippen LogP contribution in [-0.4, -0.2) is 23.9 Å². The van der Waals surface area contributed by atoms with Crippen LogP contribution in [0.5, 0.6) is 0 Å². The summed E-state index contributed by atoms with van der Waals surface area (Å²) < 4.78 is 0. The van der Waals surface area contributed by atoms with E-state index >= 15 is 0 Å². The number of fused-ring (bicyclic) bond motifs is 5. The number of nitrogens with one attached hydrogen (secondary N) is 1. The molecule has 1 unspecified atom stereocenters. The lowest BCUT2D eigenvalue weighted by molar-refractivity contribution is -0.130. The lowest BCUT2D eigenvalue weighted by Crippen LogP contribution is -2.56. The number of hydrogen-bond donors (Lipinski definition) is 3. The van der Waals surface area contributed by atoms with Gasteiger partial charge in [-0.05, 0) is 110 Å². The van der Waals surface area contributed by atoms with E-state index in [0.29, 0.717) is 16.7 Å².